The first-order chi connectivity index (χ1) is 9.53. The molecule has 1 aromatic rings. The third-order valence-electron chi connectivity index (χ3n) is 3.23. The van der Waals surface area contributed by atoms with Gasteiger partial charge >= 0.3 is 5.97 Å². The van der Waals surface area contributed by atoms with E-state index in [0.717, 1.165) is 19.6 Å². The van der Waals surface area contributed by atoms with Crippen LogP contribution in [0.3, 0.4) is 0 Å². The Morgan fingerprint density at radius 2 is 2.00 bits per heavy atom. The minimum Gasteiger partial charge on any atom is -0.496 e. The van der Waals surface area contributed by atoms with E-state index in [0.29, 0.717) is 28.6 Å². The van der Waals surface area contributed by atoms with Gasteiger partial charge in [-0.3, -0.25) is 0 Å². The number of nitrogens with one attached hydrogen (secondary N) is 1. The number of halogens is 1. The van der Waals surface area contributed by atoms with Crippen LogP contribution in [0.1, 0.15) is 24.2 Å². The van der Waals surface area contributed by atoms with Gasteiger partial charge in [0.15, 0.2) is 0 Å². The van der Waals surface area contributed by atoms with Crippen LogP contribution in [0.25, 0.3) is 0 Å². The highest BCUT2D eigenvalue weighted by molar-refractivity contribution is 6.33. The fourth-order valence-corrected chi connectivity index (χ4v) is 2.03. The molecule has 0 atom stereocenters. The third kappa shape index (κ3) is 4.28. The molecule has 0 aromatic heterocycles. The number of hydrogen-bond acceptors (Lipinski definition) is 4. The van der Waals surface area contributed by atoms with Gasteiger partial charge in [0.1, 0.15) is 24.5 Å². The zero-order chi connectivity index (χ0) is 15.1. The van der Waals surface area contributed by atoms with E-state index in [1.54, 1.807) is 0 Å². The summed E-state index contributed by atoms with van der Waals surface area (Å²) in [5.41, 5.74) is 6.33. The summed E-state index contributed by atoms with van der Waals surface area (Å²) in [5.74, 6) is -0.0811. The molecular formula is C14H22ClN2O3+. The second kappa shape index (κ2) is 7.97. The molecule has 20 heavy (non-hydrogen) atoms. The van der Waals surface area contributed by atoms with Crippen LogP contribution < -0.4 is 15.4 Å². The van der Waals surface area contributed by atoms with Crippen LogP contribution in [-0.2, 0) is 4.74 Å². The van der Waals surface area contributed by atoms with Gasteiger partial charge in [-0.05, 0) is 19.9 Å². The van der Waals surface area contributed by atoms with Crippen LogP contribution in [0, 0.1) is 0 Å². The minimum absolute atomic E-state index is 0.293. The zero-order valence-electron chi connectivity index (χ0n) is 12.2. The van der Waals surface area contributed by atoms with Crippen molar-refractivity contribution in [3.63, 3.8) is 0 Å². The summed E-state index contributed by atoms with van der Waals surface area (Å²) < 4.78 is 10.4. The van der Waals surface area contributed by atoms with Gasteiger partial charge in [0.2, 0.25) is 0 Å². The lowest BCUT2D eigenvalue weighted by molar-refractivity contribution is -0.896. The van der Waals surface area contributed by atoms with Crippen LogP contribution in [-0.4, -0.2) is 39.3 Å². The van der Waals surface area contributed by atoms with E-state index < -0.39 is 5.97 Å². The molecule has 0 saturated carbocycles. The lowest BCUT2D eigenvalue weighted by Gasteiger charge is -2.15. The van der Waals surface area contributed by atoms with Crippen molar-refractivity contribution >= 4 is 23.3 Å². The molecule has 1 rings (SSSR count). The van der Waals surface area contributed by atoms with E-state index in [9.17, 15) is 4.79 Å². The average molecular weight is 302 g/mol. The molecule has 112 valence electrons. The van der Waals surface area contributed by atoms with E-state index in [1.807, 2.05) is 0 Å². The van der Waals surface area contributed by atoms with Gasteiger partial charge in [-0.15, -0.1) is 0 Å². The first-order valence-electron chi connectivity index (χ1n) is 6.67. The number of hydrogen-bond donors (Lipinski definition) is 2. The van der Waals surface area contributed by atoms with E-state index >= 15 is 0 Å². The van der Waals surface area contributed by atoms with Crippen molar-refractivity contribution in [2.24, 2.45) is 0 Å². The van der Waals surface area contributed by atoms with Crippen LogP contribution >= 0.6 is 11.6 Å². The second-order valence-corrected chi connectivity index (χ2v) is 4.82. The molecule has 1 aromatic carbocycles. The number of carbonyl (C=O) groups is 1. The minimum atomic E-state index is -0.449. The van der Waals surface area contributed by atoms with Crippen LogP contribution in [0.15, 0.2) is 12.1 Å². The van der Waals surface area contributed by atoms with E-state index in [4.69, 9.17) is 26.8 Å². The van der Waals surface area contributed by atoms with Gasteiger partial charge in [0, 0.05) is 6.07 Å². The molecule has 0 aliphatic heterocycles. The van der Waals surface area contributed by atoms with E-state index in [-0.39, 0.29) is 0 Å². The fraction of sp³-hybridized carbons (Fsp3) is 0.500. The van der Waals surface area contributed by atoms with Crippen molar-refractivity contribution in [1.82, 2.24) is 0 Å². The number of likely N-dealkylation sites (N-methyl/N-ethyl adjacent to an activating group) is 1. The standard InChI is InChI=1S/C14H21ClN2O3/c1-4-17(5-2)6-7-20-14(18)10-8-11(15)12(16)9-13(10)19-3/h8-9H,4-7,16H2,1-3H3/p+1. The number of esters is 1. The van der Waals surface area contributed by atoms with Gasteiger partial charge in [0.05, 0.1) is 30.9 Å². The Balaban J connectivity index is 2.70. The van der Waals surface area contributed by atoms with Crippen LogP contribution in [0.5, 0.6) is 5.75 Å². The lowest BCUT2D eigenvalue weighted by Crippen LogP contribution is -3.11. The largest absolute Gasteiger partial charge is 0.496 e. The summed E-state index contributed by atoms with van der Waals surface area (Å²) in [6.07, 6.45) is 0. The Bertz CT molecular complexity index is 462. The number of nitrogens with two attached hydrogens (primary N) is 1. The maximum absolute atomic E-state index is 12.0. The second-order valence-electron chi connectivity index (χ2n) is 4.42. The molecular weight excluding hydrogens is 280 g/mol. The highest BCUT2D eigenvalue weighted by atomic mass is 35.5. The quantitative estimate of drug-likeness (QED) is 0.583. The molecule has 6 heteroatoms. The van der Waals surface area contributed by atoms with Gasteiger partial charge in [-0.2, -0.15) is 0 Å². The third-order valence-corrected chi connectivity index (χ3v) is 3.55. The molecule has 0 heterocycles. The summed E-state index contributed by atoms with van der Waals surface area (Å²) >= 11 is 5.92. The smallest absolute Gasteiger partial charge is 0.342 e. The normalized spacial score (nSPS) is 10.7. The van der Waals surface area contributed by atoms with Crippen LogP contribution in [0.2, 0.25) is 5.02 Å². The number of quaternary nitrogens is 1. The maximum atomic E-state index is 12.0. The molecule has 0 amide bonds. The Kier molecular flexibility index (Phi) is 6.61. The van der Waals surface area contributed by atoms with Gasteiger partial charge in [-0.25, -0.2) is 4.79 Å². The highest BCUT2D eigenvalue weighted by Crippen LogP contribution is 2.29. The molecule has 0 saturated heterocycles. The fourth-order valence-electron chi connectivity index (χ4n) is 1.87. The van der Waals surface area contributed by atoms with Gasteiger partial charge in [0.25, 0.3) is 0 Å². The van der Waals surface area contributed by atoms with Crippen molar-refractivity contribution in [2.45, 2.75) is 13.8 Å². The summed E-state index contributed by atoms with van der Waals surface area (Å²) in [5, 5.41) is 0.312. The first-order valence-corrected chi connectivity index (χ1v) is 7.04. The zero-order valence-corrected chi connectivity index (χ0v) is 12.9. The molecule has 0 aliphatic rings. The summed E-state index contributed by atoms with van der Waals surface area (Å²) in [6.45, 7) is 7.35. The van der Waals surface area contributed by atoms with Gasteiger partial charge < -0.3 is 20.1 Å². The Morgan fingerprint density at radius 1 is 1.35 bits per heavy atom. The molecule has 5 nitrogen and oxygen atoms in total. The number of anilines is 1. The number of ether oxygens (including phenoxy) is 2. The average Bonchev–Trinajstić information content (AvgIpc) is 2.45. The van der Waals surface area contributed by atoms with Crippen molar-refractivity contribution in [3.05, 3.63) is 22.7 Å². The summed E-state index contributed by atoms with van der Waals surface area (Å²) in [7, 11) is 1.47. The number of methoxy groups -OCH3 is 1. The van der Waals surface area contributed by atoms with Crippen molar-refractivity contribution < 1.29 is 19.2 Å². The predicted octanol–water partition coefficient (Wildman–Crippen LogP) is 1.01. The van der Waals surface area contributed by atoms with E-state index in [2.05, 4.69) is 13.8 Å². The molecule has 0 aliphatic carbocycles. The molecule has 0 unspecified atom stereocenters. The topological polar surface area (TPSA) is 66.0 Å². The number of carbonyl (C=O) groups excluding carboxylic acids is 1. The molecule has 0 spiro atoms. The molecule has 0 fully saturated rings. The van der Waals surface area contributed by atoms with Crippen LogP contribution in [0.4, 0.5) is 5.69 Å². The maximum Gasteiger partial charge on any atom is 0.342 e. The van der Waals surface area contributed by atoms with Crippen molar-refractivity contribution in [2.75, 3.05) is 39.1 Å². The van der Waals surface area contributed by atoms with Gasteiger partial charge in [-0.1, -0.05) is 11.6 Å². The number of nitrogen functional groups attached to an aromatic ring is 1. The lowest BCUT2D eigenvalue weighted by atomic mass is 10.2. The molecule has 0 radical (unpaired) electrons. The predicted molar refractivity (Wildman–Crippen MR) is 79.6 cm³/mol. The number of benzene rings is 1. The SMILES string of the molecule is CC[NH+](CC)CCOC(=O)c1cc(Cl)c(N)cc1OC. The summed E-state index contributed by atoms with van der Waals surface area (Å²) in [4.78, 5) is 13.4. The number of rotatable bonds is 7. The van der Waals surface area contributed by atoms with E-state index in [1.165, 1.54) is 24.1 Å². The Morgan fingerprint density at radius 3 is 2.55 bits per heavy atom. The Labute approximate surface area is 124 Å². The summed E-state index contributed by atoms with van der Waals surface area (Å²) in [6, 6.07) is 3.00. The van der Waals surface area contributed by atoms with Crippen molar-refractivity contribution in [1.29, 1.82) is 0 Å². The first kappa shape index (κ1) is 16.6. The molecule has 0 bridgehead atoms. The monoisotopic (exact) mass is 301 g/mol. The highest BCUT2D eigenvalue weighted by Gasteiger charge is 2.17. The Hall–Kier alpha value is -1.46. The van der Waals surface area contributed by atoms with Crippen molar-refractivity contribution in [3.8, 4) is 5.75 Å². The molecule has 3 N–H and O–H groups in total.